The fraction of sp³-hybridized carbons (Fsp3) is 0.640. The number of aromatic carboxylic acids is 1. The van der Waals surface area contributed by atoms with Crippen molar-refractivity contribution in [3.05, 3.63) is 34.4 Å². The van der Waals surface area contributed by atoms with Crippen LogP contribution < -0.4 is 4.74 Å². The molecule has 0 aromatic heterocycles. The summed E-state index contributed by atoms with van der Waals surface area (Å²) in [6, 6.07) is 1.91. The molecule has 1 aromatic carbocycles. The molecule has 1 aromatic rings. The summed E-state index contributed by atoms with van der Waals surface area (Å²) in [5, 5.41) is 21.2. The number of phenols is 1. The molecule has 0 amide bonds. The van der Waals surface area contributed by atoms with E-state index in [0.29, 0.717) is 16.9 Å². The molecule has 0 radical (unpaired) electrons. The summed E-state index contributed by atoms with van der Waals surface area (Å²) >= 11 is 0. The van der Waals surface area contributed by atoms with Crippen LogP contribution in [0, 0.1) is 5.92 Å². The number of hydrogen-bond acceptors (Lipinski definition) is 3. The Balaban J connectivity index is 2.08. The zero-order valence-electron chi connectivity index (χ0n) is 18.8. The monoisotopic (exact) mass is 400 g/mol. The zero-order valence-corrected chi connectivity index (χ0v) is 18.8. The van der Waals surface area contributed by atoms with E-state index in [1.807, 2.05) is 6.07 Å². The van der Waals surface area contributed by atoms with Crippen LogP contribution in [0.3, 0.4) is 0 Å². The van der Waals surface area contributed by atoms with Gasteiger partial charge in [0.2, 0.25) is 0 Å². The normalized spacial score (nSPS) is 23.0. The van der Waals surface area contributed by atoms with Crippen molar-refractivity contribution >= 4 is 5.97 Å². The van der Waals surface area contributed by atoms with Gasteiger partial charge in [-0.25, -0.2) is 4.79 Å². The van der Waals surface area contributed by atoms with E-state index in [4.69, 9.17) is 4.74 Å². The van der Waals surface area contributed by atoms with Gasteiger partial charge in [0, 0.05) is 11.5 Å². The largest absolute Gasteiger partial charge is 0.507 e. The van der Waals surface area contributed by atoms with Gasteiger partial charge in [0.05, 0.1) is 0 Å². The topological polar surface area (TPSA) is 66.8 Å². The highest BCUT2D eigenvalue weighted by atomic mass is 16.5. The Morgan fingerprint density at radius 3 is 2.59 bits per heavy atom. The molecule has 2 N–H and O–H groups in total. The van der Waals surface area contributed by atoms with Gasteiger partial charge in [-0.3, -0.25) is 0 Å². The molecule has 2 atom stereocenters. The van der Waals surface area contributed by atoms with Crippen LogP contribution in [-0.2, 0) is 5.41 Å². The number of hydrogen-bond donors (Lipinski definition) is 2. The Morgan fingerprint density at radius 1 is 1.31 bits per heavy atom. The van der Waals surface area contributed by atoms with E-state index >= 15 is 0 Å². The first-order chi connectivity index (χ1) is 13.5. The average Bonchev–Trinajstić information content (AvgIpc) is 3.10. The molecule has 0 bridgehead atoms. The lowest BCUT2D eigenvalue weighted by atomic mass is 9.74. The van der Waals surface area contributed by atoms with Crippen molar-refractivity contribution in [1.29, 1.82) is 0 Å². The molecule has 1 heterocycles. The minimum absolute atomic E-state index is 0.0303. The van der Waals surface area contributed by atoms with E-state index in [2.05, 4.69) is 47.6 Å². The summed E-state index contributed by atoms with van der Waals surface area (Å²) in [4.78, 5) is 12.2. The van der Waals surface area contributed by atoms with Crippen molar-refractivity contribution in [1.82, 2.24) is 0 Å². The van der Waals surface area contributed by atoms with Crippen LogP contribution >= 0.6 is 0 Å². The van der Waals surface area contributed by atoms with Gasteiger partial charge in [-0.15, -0.1) is 0 Å². The summed E-state index contributed by atoms with van der Waals surface area (Å²) in [7, 11) is 0. The van der Waals surface area contributed by atoms with Gasteiger partial charge >= 0.3 is 5.97 Å². The molecule has 4 nitrogen and oxygen atoms in total. The lowest BCUT2D eigenvalue weighted by Gasteiger charge is -2.31. The van der Waals surface area contributed by atoms with Gasteiger partial charge in [0.25, 0.3) is 0 Å². The summed E-state index contributed by atoms with van der Waals surface area (Å²) in [5.74, 6) is -0.312. The van der Waals surface area contributed by atoms with Crippen LogP contribution in [0.1, 0.15) is 107 Å². The van der Waals surface area contributed by atoms with Gasteiger partial charge in [-0.2, -0.15) is 0 Å². The maximum absolute atomic E-state index is 12.2. The second-order valence-electron chi connectivity index (χ2n) is 9.92. The number of aromatic hydroxyl groups is 1. The lowest BCUT2D eigenvalue weighted by molar-refractivity contribution is 0.0690. The van der Waals surface area contributed by atoms with Crippen LogP contribution in [0.15, 0.2) is 17.7 Å². The highest BCUT2D eigenvalue weighted by molar-refractivity contribution is 5.94. The molecule has 0 saturated heterocycles. The molecule has 0 fully saturated rings. The SMILES string of the molecule is CCCCCCC(C)(C)c1cc2c(c(O)c1C(=O)O)C1CC(C)=CC1(C(C)C)O2. The Hall–Kier alpha value is -1.97. The molecule has 1 aliphatic heterocycles. The molecule has 2 aliphatic rings. The maximum Gasteiger partial charge on any atom is 0.339 e. The maximum atomic E-state index is 12.2. The fourth-order valence-electron chi connectivity index (χ4n) is 5.29. The first kappa shape index (κ1) is 21.7. The Bertz CT molecular complexity index is 834. The second-order valence-corrected chi connectivity index (χ2v) is 9.92. The predicted molar refractivity (Wildman–Crippen MR) is 116 cm³/mol. The van der Waals surface area contributed by atoms with Gasteiger partial charge in [0.1, 0.15) is 22.7 Å². The highest BCUT2D eigenvalue weighted by Crippen LogP contribution is 2.60. The van der Waals surface area contributed by atoms with Crippen molar-refractivity contribution in [2.24, 2.45) is 5.92 Å². The number of carbonyl (C=O) groups is 1. The van der Waals surface area contributed by atoms with Gasteiger partial charge in [-0.05, 0) is 48.8 Å². The minimum atomic E-state index is -1.06. The molecule has 4 heteroatoms. The van der Waals surface area contributed by atoms with E-state index in [0.717, 1.165) is 25.7 Å². The third-order valence-corrected chi connectivity index (χ3v) is 6.98. The quantitative estimate of drug-likeness (QED) is 0.383. The van der Waals surface area contributed by atoms with Crippen LogP contribution in [0.5, 0.6) is 11.5 Å². The minimum Gasteiger partial charge on any atom is -0.507 e. The number of fused-ring (bicyclic) bond motifs is 3. The number of unbranched alkanes of at least 4 members (excludes halogenated alkanes) is 3. The lowest BCUT2D eigenvalue weighted by Crippen LogP contribution is -2.38. The average molecular weight is 401 g/mol. The van der Waals surface area contributed by atoms with E-state index in [1.165, 1.54) is 18.4 Å². The van der Waals surface area contributed by atoms with Crippen molar-refractivity contribution in [3.8, 4) is 11.5 Å². The molecule has 2 unspecified atom stereocenters. The van der Waals surface area contributed by atoms with Crippen molar-refractivity contribution in [2.75, 3.05) is 0 Å². The summed E-state index contributed by atoms with van der Waals surface area (Å²) in [6.07, 6.45) is 8.38. The van der Waals surface area contributed by atoms with Crippen molar-refractivity contribution < 1.29 is 19.7 Å². The summed E-state index contributed by atoms with van der Waals surface area (Å²) in [5.41, 5.74) is 1.78. The van der Waals surface area contributed by atoms with Crippen LogP contribution in [0.4, 0.5) is 0 Å². The third-order valence-electron chi connectivity index (χ3n) is 6.98. The van der Waals surface area contributed by atoms with Gasteiger partial charge in [-0.1, -0.05) is 65.9 Å². The number of carboxylic acids is 1. The standard InChI is InChI=1S/C25H36O4/c1-7-8-9-10-11-24(5,6)17-13-19-20(22(26)21(17)23(27)28)18-12-16(4)14-25(18,29-19)15(2)3/h13-15,18,26H,7-12H2,1-6H3,(H,27,28). The Morgan fingerprint density at radius 2 is 2.00 bits per heavy atom. The first-order valence-electron chi connectivity index (χ1n) is 11.1. The molecule has 29 heavy (non-hydrogen) atoms. The molecule has 3 rings (SSSR count). The van der Waals surface area contributed by atoms with Crippen molar-refractivity contribution in [2.45, 2.75) is 97.0 Å². The molecule has 0 saturated carbocycles. The van der Waals surface area contributed by atoms with E-state index in [-0.39, 0.29) is 28.6 Å². The Labute approximate surface area is 175 Å². The van der Waals surface area contributed by atoms with Gasteiger partial charge < -0.3 is 14.9 Å². The molecule has 160 valence electrons. The zero-order chi connectivity index (χ0) is 21.6. The highest BCUT2D eigenvalue weighted by Gasteiger charge is 2.54. The first-order valence-corrected chi connectivity index (χ1v) is 11.1. The van der Waals surface area contributed by atoms with Gasteiger partial charge in [0.15, 0.2) is 0 Å². The molecule has 0 spiro atoms. The Kier molecular flexibility index (Phi) is 5.77. The van der Waals surface area contributed by atoms with Crippen molar-refractivity contribution in [3.63, 3.8) is 0 Å². The van der Waals surface area contributed by atoms with E-state index < -0.39 is 11.6 Å². The molecular weight excluding hydrogens is 364 g/mol. The summed E-state index contributed by atoms with van der Waals surface area (Å²) in [6.45, 7) is 12.7. The fourth-order valence-corrected chi connectivity index (χ4v) is 5.29. The second kappa shape index (κ2) is 7.70. The smallest absolute Gasteiger partial charge is 0.339 e. The van der Waals surface area contributed by atoms with Crippen LogP contribution in [-0.4, -0.2) is 21.8 Å². The summed E-state index contributed by atoms with van der Waals surface area (Å²) < 4.78 is 6.52. The predicted octanol–water partition coefficient (Wildman–Crippen LogP) is 6.56. The third kappa shape index (κ3) is 3.55. The van der Waals surface area contributed by atoms with Crippen LogP contribution in [0.25, 0.3) is 0 Å². The van der Waals surface area contributed by atoms with E-state index in [9.17, 15) is 15.0 Å². The molecule has 1 aliphatic carbocycles. The number of carboxylic acid groups (broad SMARTS) is 1. The number of allylic oxidation sites excluding steroid dienone is 1. The molecular formula is C25H36O4. The van der Waals surface area contributed by atoms with Crippen LogP contribution in [0.2, 0.25) is 0 Å². The number of benzene rings is 1. The van der Waals surface area contributed by atoms with E-state index in [1.54, 1.807) is 0 Å². The number of ether oxygens (including phenoxy) is 1. The number of rotatable bonds is 8.